The van der Waals surface area contributed by atoms with Crippen LogP contribution in [0.3, 0.4) is 0 Å². The second kappa shape index (κ2) is 15.5. The molecule has 0 saturated carbocycles. The number of phenolic OH excluding ortho intramolecular Hbond substituents is 2. The zero-order valence-electron chi connectivity index (χ0n) is 28.0. The van der Waals surface area contributed by atoms with E-state index in [9.17, 15) is 61.0 Å². The number of ether oxygens (including phenoxy) is 7. The predicted octanol–water partition coefficient (Wildman–Crippen LogP) is -3.27. The Balaban J connectivity index is 1.44. The molecule has 3 aliphatic heterocycles. The Morgan fingerprint density at radius 2 is 1.49 bits per heavy atom. The highest BCUT2D eigenvalue weighted by Crippen LogP contribution is 2.41. The fourth-order valence-electron chi connectivity index (χ4n) is 6.15. The maximum atomic E-state index is 14.3. The van der Waals surface area contributed by atoms with Gasteiger partial charge in [0.2, 0.25) is 23.8 Å². The Labute approximate surface area is 298 Å². The van der Waals surface area contributed by atoms with Gasteiger partial charge in [-0.05, 0) is 25.1 Å². The van der Waals surface area contributed by atoms with Gasteiger partial charge in [-0.25, -0.2) is 0 Å². The quantitative estimate of drug-likeness (QED) is 0.102. The van der Waals surface area contributed by atoms with E-state index in [-0.39, 0.29) is 28.4 Å². The minimum absolute atomic E-state index is 0.0344. The van der Waals surface area contributed by atoms with Gasteiger partial charge >= 0.3 is 0 Å². The van der Waals surface area contributed by atoms with Crippen LogP contribution < -0.4 is 19.6 Å². The monoisotopic (exact) mass is 756 g/mol. The molecule has 1 aromatic heterocycles. The van der Waals surface area contributed by atoms with Gasteiger partial charge in [-0.3, -0.25) is 4.79 Å². The SMILES string of the molecule is COc1cc(-c2oc3cc(O[C@@H]4O[C@@H](C)[C@H](O)[C@@H](O)[C@@H]4O)cc(O)c3c(=O)c2O[C@@H]2O[C@H](CO)[C@@H](O)[C@H](O)[C@H]2O[C@H]2OC[C@@H](O)[C@@H](O)[C@H]2O)ccc1O. The number of benzene rings is 2. The zero-order valence-corrected chi connectivity index (χ0v) is 28.0. The van der Waals surface area contributed by atoms with Crippen molar-refractivity contribution in [2.24, 2.45) is 0 Å². The van der Waals surface area contributed by atoms with E-state index in [0.717, 1.165) is 12.1 Å². The molecular formula is C33H40O20. The molecule has 2 aromatic carbocycles. The van der Waals surface area contributed by atoms with E-state index in [1.54, 1.807) is 0 Å². The summed E-state index contributed by atoms with van der Waals surface area (Å²) in [6, 6.07) is 5.88. The number of aliphatic hydroxyl groups excluding tert-OH is 9. The maximum Gasteiger partial charge on any atom is 0.239 e. The topological polar surface area (TPSA) is 317 Å². The van der Waals surface area contributed by atoms with E-state index in [1.165, 1.54) is 32.2 Å². The molecule has 14 atom stereocenters. The molecule has 0 unspecified atom stereocenters. The minimum atomic E-state index is -1.94. The second-order valence-electron chi connectivity index (χ2n) is 12.8. The van der Waals surface area contributed by atoms with E-state index in [0.29, 0.717) is 0 Å². The van der Waals surface area contributed by atoms with Crippen LogP contribution in [0.4, 0.5) is 0 Å². The maximum absolute atomic E-state index is 14.3. The third-order valence-electron chi connectivity index (χ3n) is 9.21. The molecule has 3 saturated heterocycles. The number of rotatable bonds is 9. The van der Waals surface area contributed by atoms with E-state index in [2.05, 4.69) is 0 Å². The Morgan fingerprint density at radius 3 is 2.19 bits per heavy atom. The van der Waals surface area contributed by atoms with Crippen LogP contribution in [-0.4, -0.2) is 163 Å². The van der Waals surface area contributed by atoms with E-state index in [4.69, 9.17) is 37.6 Å². The van der Waals surface area contributed by atoms with Crippen molar-refractivity contribution in [1.29, 1.82) is 0 Å². The van der Waals surface area contributed by atoms with Crippen LogP contribution in [0, 0.1) is 0 Å². The molecule has 0 spiro atoms. The van der Waals surface area contributed by atoms with E-state index >= 15 is 0 Å². The first-order valence-corrected chi connectivity index (χ1v) is 16.3. The van der Waals surface area contributed by atoms with Crippen molar-refractivity contribution in [2.75, 3.05) is 20.3 Å². The van der Waals surface area contributed by atoms with Crippen molar-refractivity contribution >= 4 is 11.0 Å². The fraction of sp³-hybridized carbons (Fsp3) is 0.545. The molecule has 11 N–H and O–H groups in total. The molecule has 0 radical (unpaired) electrons. The molecule has 3 aliphatic rings. The first-order chi connectivity index (χ1) is 25.1. The van der Waals surface area contributed by atoms with Crippen LogP contribution >= 0.6 is 0 Å². The average molecular weight is 757 g/mol. The molecule has 0 amide bonds. The van der Waals surface area contributed by atoms with Crippen LogP contribution in [0.15, 0.2) is 39.5 Å². The minimum Gasteiger partial charge on any atom is -0.507 e. The number of methoxy groups -OCH3 is 1. The molecule has 6 rings (SSSR count). The van der Waals surface area contributed by atoms with E-state index in [1.807, 2.05) is 0 Å². The van der Waals surface area contributed by atoms with Crippen molar-refractivity contribution in [3.05, 3.63) is 40.6 Å². The van der Waals surface area contributed by atoms with Crippen LogP contribution in [0.25, 0.3) is 22.3 Å². The van der Waals surface area contributed by atoms with Crippen molar-refractivity contribution in [3.8, 4) is 40.1 Å². The Kier molecular flexibility index (Phi) is 11.3. The lowest BCUT2D eigenvalue weighted by Gasteiger charge is -2.44. The highest BCUT2D eigenvalue weighted by atomic mass is 16.8. The van der Waals surface area contributed by atoms with Crippen LogP contribution in [0.1, 0.15) is 6.92 Å². The number of fused-ring (bicyclic) bond motifs is 1. The van der Waals surface area contributed by atoms with Gasteiger partial charge in [0.25, 0.3) is 0 Å². The normalized spacial score (nSPS) is 36.3. The van der Waals surface area contributed by atoms with Crippen molar-refractivity contribution in [2.45, 2.75) is 92.9 Å². The molecule has 20 heteroatoms. The first-order valence-electron chi connectivity index (χ1n) is 16.3. The molecule has 4 heterocycles. The lowest BCUT2D eigenvalue weighted by atomic mass is 9.98. The van der Waals surface area contributed by atoms with Gasteiger partial charge in [0.1, 0.15) is 77.4 Å². The van der Waals surface area contributed by atoms with E-state index < -0.39 is 127 Å². The van der Waals surface area contributed by atoms with Gasteiger partial charge in [-0.2, -0.15) is 0 Å². The van der Waals surface area contributed by atoms with Crippen molar-refractivity contribution in [3.63, 3.8) is 0 Å². The largest absolute Gasteiger partial charge is 0.507 e. The zero-order chi connectivity index (χ0) is 38.5. The summed E-state index contributed by atoms with van der Waals surface area (Å²) in [4.78, 5) is 14.3. The number of aliphatic hydroxyl groups is 9. The summed E-state index contributed by atoms with van der Waals surface area (Å²) in [5.41, 5.74) is -1.35. The third-order valence-corrected chi connectivity index (χ3v) is 9.21. The molecular weight excluding hydrogens is 716 g/mol. The lowest BCUT2D eigenvalue weighted by molar-refractivity contribution is -0.345. The van der Waals surface area contributed by atoms with Crippen molar-refractivity contribution in [1.82, 2.24) is 0 Å². The van der Waals surface area contributed by atoms with Gasteiger partial charge in [0, 0.05) is 17.7 Å². The molecule has 3 aromatic rings. The summed E-state index contributed by atoms with van der Waals surface area (Å²) in [5.74, 6) is -2.43. The third kappa shape index (κ3) is 7.34. The van der Waals surface area contributed by atoms with Gasteiger partial charge in [-0.15, -0.1) is 0 Å². The summed E-state index contributed by atoms with van der Waals surface area (Å²) < 4.78 is 45.1. The smallest absolute Gasteiger partial charge is 0.239 e. The second-order valence-corrected chi connectivity index (χ2v) is 12.8. The average Bonchev–Trinajstić information content (AvgIpc) is 3.13. The van der Waals surface area contributed by atoms with Gasteiger partial charge in [-0.1, -0.05) is 0 Å². The highest BCUT2D eigenvalue weighted by Gasteiger charge is 2.50. The molecule has 3 fully saturated rings. The van der Waals surface area contributed by atoms with Crippen LogP contribution in [0.5, 0.6) is 28.7 Å². The highest BCUT2D eigenvalue weighted by molar-refractivity contribution is 5.88. The Bertz CT molecular complexity index is 1820. The number of hydrogen-bond donors (Lipinski definition) is 11. The lowest BCUT2D eigenvalue weighted by Crippen LogP contribution is -2.64. The fourth-order valence-corrected chi connectivity index (χ4v) is 6.15. The van der Waals surface area contributed by atoms with Gasteiger partial charge in [0.15, 0.2) is 29.7 Å². The Morgan fingerprint density at radius 1 is 0.774 bits per heavy atom. The summed E-state index contributed by atoms with van der Waals surface area (Å²) in [6.45, 7) is 0.0721. The van der Waals surface area contributed by atoms with Crippen LogP contribution in [0.2, 0.25) is 0 Å². The standard InChI is InChI=1S/C33H40O20/c1-10-20(38)24(42)27(45)32(48-10)49-12-6-14(36)19-17(7-12)50-28(11-3-4-13(35)16(5-11)46-2)29(23(19)41)52-33-30(25(43)22(40)18(8-34)51-33)53-31-26(44)21(39)15(37)9-47-31/h3-7,10,15,18,20-22,24-27,30-40,42-45H,8-9H2,1-2H3/t10-,15+,18+,20-,21+,22+,24+,25-,26+,27-,30+,31+,32-,33-/m0/s1. The first kappa shape index (κ1) is 38.8. The number of hydrogen-bond acceptors (Lipinski definition) is 20. The summed E-state index contributed by atoms with van der Waals surface area (Å²) in [5, 5.41) is 114. The number of aromatic hydroxyl groups is 2. The molecule has 292 valence electrons. The Hall–Kier alpha value is -3.87. The predicted molar refractivity (Wildman–Crippen MR) is 172 cm³/mol. The molecule has 0 bridgehead atoms. The van der Waals surface area contributed by atoms with Gasteiger partial charge in [0.05, 0.1) is 26.4 Å². The number of phenols is 2. The molecule has 20 nitrogen and oxygen atoms in total. The molecule has 0 aliphatic carbocycles. The summed E-state index contributed by atoms with van der Waals surface area (Å²) in [6.07, 6.45) is -23.1. The molecule has 53 heavy (non-hydrogen) atoms. The van der Waals surface area contributed by atoms with Crippen LogP contribution in [-0.2, 0) is 18.9 Å². The van der Waals surface area contributed by atoms with Crippen molar-refractivity contribution < 1.29 is 93.7 Å². The van der Waals surface area contributed by atoms with Gasteiger partial charge < -0.3 is 93.7 Å². The summed E-state index contributed by atoms with van der Waals surface area (Å²) in [7, 11) is 1.25. The summed E-state index contributed by atoms with van der Waals surface area (Å²) >= 11 is 0.